The van der Waals surface area contributed by atoms with Crippen LogP contribution in [0.3, 0.4) is 0 Å². The van der Waals surface area contributed by atoms with Crippen LogP contribution in [-0.4, -0.2) is 33.1 Å². The molecule has 5 N–H and O–H groups in total. The summed E-state index contributed by atoms with van der Waals surface area (Å²) in [5, 5.41) is 3.96. The number of primary amides is 1. The third-order valence-corrected chi connectivity index (χ3v) is 7.68. The smallest absolute Gasteiger partial charge is 0.273 e. The number of para-hydroxylation sites is 1. The van der Waals surface area contributed by atoms with Gasteiger partial charge in [0.05, 0.1) is 23.1 Å². The van der Waals surface area contributed by atoms with Crippen LogP contribution in [0.1, 0.15) is 63.0 Å². The monoisotopic (exact) mass is 528 g/mol. The van der Waals surface area contributed by atoms with Gasteiger partial charge in [-0.2, -0.15) is 4.37 Å². The molecule has 10 heteroatoms. The topological polar surface area (TPSA) is 144 Å². The van der Waals surface area contributed by atoms with Gasteiger partial charge in [0.1, 0.15) is 10.9 Å². The predicted molar refractivity (Wildman–Crippen MR) is 148 cm³/mol. The van der Waals surface area contributed by atoms with Crippen LogP contribution >= 0.6 is 11.5 Å². The summed E-state index contributed by atoms with van der Waals surface area (Å²) in [4.78, 5) is 46.0. The van der Waals surface area contributed by atoms with Crippen molar-refractivity contribution in [3.63, 3.8) is 0 Å². The molecular formula is C28H28N6O3S. The van der Waals surface area contributed by atoms with Crippen molar-refractivity contribution in [2.24, 2.45) is 5.73 Å². The number of nitrogens with zero attached hydrogens (tertiary/aromatic N) is 3. The largest absolute Gasteiger partial charge is 0.395 e. The number of pyridine rings is 1. The molecule has 0 unspecified atom stereocenters. The summed E-state index contributed by atoms with van der Waals surface area (Å²) in [6.07, 6.45) is 5.44. The quantitative estimate of drug-likeness (QED) is 0.329. The van der Waals surface area contributed by atoms with Crippen LogP contribution in [0.25, 0.3) is 10.9 Å². The van der Waals surface area contributed by atoms with Crippen LogP contribution in [0, 0.1) is 6.92 Å². The Labute approximate surface area is 224 Å². The Hall–Kier alpha value is -4.31. The molecule has 3 amide bonds. The second-order valence-corrected chi connectivity index (χ2v) is 10.3. The van der Waals surface area contributed by atoms with Crippen LogP contribution in [0.4, 0.5) is 11.4 Å². The van der Waals surface area contributed by atoms with Gasteiger partial charge in [-0.25, -0.2) is 0 Å². The summed E-state index contributed by atoms with van der Waals surface area (Å²) >= 11 is 0.780. The molecule has 2 aromatic carbocycles. The maximum Gasteiger partial charge on any atom is 0.273 e. The van der Waals surface area contributed by atoms with Gasteiger partial charge in [-0.1, -0.05) is 60.9 Å². The van der Waals surface area contributed by atoms with Gasteiger partial charge < -0.3 is 16.8 Å². The highest BCUT2D eigenvalue weighted by Crippen LogP contribution is 2.34. The minimum Gasteiger partial charge on any atom is -0.395 e. The average Bonchev–Trinajstić information content (AvgIpc) is 3.56. The number of rotatable bonds is 7. The SMILES string of the molecule is Cc1ccc([C@H](C(=O)NC2CCCC2)N(C(=O)c2snc(C(N)=O)c2N)c2cnc3ccccc3c2)cc1. The van der Waals surface area contributed by atoms with Crippen LogP contribution in [-0.2, 0) is 4.79 Å². The highest BCUT2D eigenvalue weighted by molar-refractivity contribution is 7.09. The number of amides is 3. The number of carbonyl (C=O) groups is 3. The zero-order valence-corrected chi connectivity index (χ0v) is 21.7. The summed E-state index contributed by atoms with van der Waals surface area (Å²) in [5.41, 5.74) is 14.1. The Morgan fingerprint density at radius 3 is 2.47 bits per heavy atom. The van der Waals surface area contributed by atoms with Crippen molar-refractivity contribution in [3.8, 4) is 0 Å². The summed E-state index contributed by atoms with van der Waals surface area (Å²) < 4.78 is 4.01. The summed E-state index contributed by atoms with van der Waals surface area (Å²) in [6, 6.07) is 15.8. The van der Waals surface area contributed by atoms with Gasteiger partial charge >= 0.3 is 0 Å². The van der Waals surface area contributed by atoms with E-state index in [1.807, 2.05) is 61.5 Å². The highest BCUT2D eigenvalue weighted by Gasteiger charge is 2.37. The molecule has 2 aromatic heterocycles. The molecule has 194 valence electrons. The van der Waals surface area contributed by atoms with Crippen molar-refractivity contribution in [1.82, 2.24) is 14.7 Å². The molecule has 0 spiro atoms. The average molecular weight is 529 g/mol. The lowest BCUT2D eigenvalue weighted by Gasteiger charge is -2.32. The van der Waals surface area contributed by atoms with E-state index in [-0.39, 0.29) is 28.2 Å². The summed E-state index contributed by atoms with van der Waals surface area (Å²) in [6.45, 7) is 1.96. The van der Waals surface area contributed by atoms with Gasteiger partial charge in [-0.15, -0.1) is 0 Å². The zero-order chi connectivity index (χ0) is 26.8. The third-order valence-electron chi connectivity index (χ3n) is 6.83. The predicted octanol–water partition coefficient (Wildman–Crippen LogP) is 4.13. The molecule has 2 heterocycles. The van der Waals surface area contributed by atoms with E-state index in [1.165, 1.54) is 4.90 Å². The second-order valence-electron chi connectivity index (χ2n) is 9.50. The molecule has 1 aliphatic rings. The molecule has 9 nitrogen and oxygen atoms in total. The van der Waals surface area contributed by atoms with Crippen molar-refractivity contribution in [2.75, 3.05) is 10.6 Å². The Bertz CT molecular complexity index is 1510. The number of hydrogen-bond donors (Lipinski definition) is 3. The van der Waals surface area contributed by atoms with Crippen LogP contribution in [0.15, 0.2) is 60.8 Å². The highest BCUT2D eigenvalue weighted by atomic mass is 32.1. The van der Waals surface area contributed by atoms with E-state index in [1.54, 1.807) is 6.20 Å². The van der Waals surface area contributed by atoms with Crippen molar-refractivity contribution in [3.05, 3.63) is 82.5 Å². The van der Waals surface area contributed by atoms with Crippen LogP contribution < -0.4 is 21.7 Å². The number of nitrogens with two attached hydrogens (primary N) is 2. The Kier molecular flexibility index (Phi) is 7.06. The van der Waals surface area contributed by atoms with Crippen LogP contribution in [0.5, 0.6) is 0 Å². The number of aromatic nitrogens is 2. The van der Waals surface area contributed by atoms with Crippen molar-refractivity contribution >= 4 is 51.5 Å². The van der Waals surface area contributed by atoms with Crippen molar-refractivity contribution < 1.29 is 14.4 Å². The van der Waals surface area contributed by atoms with E-state index in [0.717, 1.165) is 53.7 Å². The third kappa shape index (κ3) is 4.95. The first-order chi connectivity index (χ1) is 18.3. The normalized spacial score (nSPS) is 14.3. The van der Waals surface area contributed by atoms with E-state index >= 15 is 0 Å². The minimum atomic E-state index is -1.02. The fourth-order valence-electron chi connectivity index (χ4n) is 4.83. The molecule has 0 aliphatic heterocycles. The molecule has 1 atom stereocenters. The fraction of sp³-hybridized carbons (Fsp3) is 0.250. The number of fused-ring (bicyclic) bond motifs is 1. The number of nitrogens with one attached hydrogen (secondary N) is 1. The molecular weight excluding hydrogens is 500 g/mol. The van der Waals surface area contributed by atoms with E-state index in [9.17, 15) is 14.4 Å². The lowest BCUT2D eigenvalue weighted by molar-refractivity contribution is -0.123. The van der Waals surface area contributed by atoms with Gasteiger partial charge in [0, 0.05) is 11.4 Å². The molecule has 5 rings (SSSR count). The number of anilines is 2. The van der Waals surface area contributed by atoms with E-state index in [0.29, 0.717) is 11.3 Å². The summed E-state index contributed by atoms with van der Waals surface area (Å²) in [7, 11) is 0. The van der Waals surface area contributed by atoms with Gasteiger partial charge in [0.25, 0.3) is 11.8 Å². The first kappa shape index (κ1) is 25.3. The maximum absolute atomic E-state index is 14.2. The second kappa shape index (κ2) is 10.6. The fourth-order valence-corrected chi connectivity index (χ4v) is 5.57. The molecule has 1 saturated carbocycles. The van der Waals surface area contributed by atoms with E-state index in [2.05, 4.69) is 14.7 Å². The Morgan fingerprint density at radius 2 is 1.79 bits per heavy atom. The molecule has 38 heavy (non-hydrogen) atoms. The molecule has 4 aromatic rings. The lowest BCUT2D eigenvalue weighted by atomic mass is 10.0. The molecule has 0 bridgehead atoms. The number of hydrogen-bond acceptors (Lipinski definition) is 7. The van der Waals surface area contributed by atoms with E-state index in [4.69, 9.17) is 11.5 Å². The molecule has 1 fully saturated rings. The molecule has 0 radical (unpaired) electrons. The van der Waals surface area contributed by atoms with Gasteiger partial charge in [-0.05, 0) is 49.0 Å². The first-order valence-corrected chi connectivity index (χ1v) is 13.2. The number of aryl methyl sites for hydroxylation is 1. The zero-order valence-electron chi connectivity index (χ0n) is 20.9. The first-order valence-electron chi connectivity index (χ1n) is 12.4. The molecule has 1 aliphatic carbocycles. The van der Waals surface area contributed by atoms with E-state index < -0.39 is 17.9 Å². The Balaban J connectivity index is 1.67. The number of benzene rings is 2. The van der Waals surface area contributed by atoms with Crippen LogP contribution in [0.2, 0.25) is 0 Å². The lowest BCUT2D eigenvalue weighted by Crippen LogP contribution is -2.46. The summed E-state index contributed by atoms with van der Waals surface area (Å²) in [5.74, 6) is -1.71. The van der Waals surface area contributed by atoms with Gasteiger partial charge in [0.15, 0.2) is 5.69 Å². The number of nitrogen functional groups attached to an aromatic ring is 1. The Morgan fingerprint density at radius 1 is 1.08 bits per heavy atom. The van der Waals surface area contributed by atoms with Crippen molar-refractivity contribution in [2.45, 2.75) is 44.7 Å². The number of carbonyl (C=O) groups excluding carboxylic acids is 3. The molecule has 0 saturated heterocycles. The van der Waals surface area contributed by atoms with Crippen molar-refractivity contribution in [1.29, 1.82) is 0 Å². The van der Waals surface area contributed by atoms with Gasteiger partial charge in [0.2, 0.25) is 5.91 Å². The standard InChI is InChI=1S/C28H28N6O3S/c1-16-10-12-17(13-11-16)24(27(36)32-19-7-3-4-8-19)34(20-14-18-6-2-5-9-21(18)31-15-20)28(37)25-22(29)23(26(30)35)33-38-25/h2,5-6,9-15,19,24H,3-4,7-8,29H2,1H3,(H2,30,35)(H,32,36)/t24-/m1/s1. The minimum absolute atomic E-state index is 0.0257. The van der Waals surface area contributed by atoms with Gasteiger partial charge in [-0.3, -0.25) is 24.3 Å². The maximum atomic E-state index is 14.2.